The predicted molar refractivity (Wildman–Crippen MR) is 82.9 cm³/mol. The molecule has 1 amide bonds. The maximum absolute atomic E-state index is 12.2. The molecule has 2 aromatic rings. The highest BCUT2D eigenvalue weighted by Crippen LogP contribution is 2.42. The Bertz CT molecular complexity index is 651. The van der Waals surface area contributed by atoms with Crippen LogP contribution < -0.4 is 10.1 Å². The zero-order chi connectivity index (χ0) is 14.7. The van der Waals surface area contributed by atoms with Crippen molar-refractivity contribution in [2.75, 3.05) is 20.3 Å². The first-order chi connectivity index (χ1) is 10.3. The Morgan fingerprint density at radius 3 is 3.14 bits per heavy atom. The van der Waals surface area contributed by atoms with E-state index in [2.05, 4.69) is 5.32 Å². The van der Waals surface area contributed by atoms with E-state index in [1.165, 1.54) is 11.3 Å². The summed E-state index contributed by atoms with van der Waals surface area (Å²) in [7, 11) is 1.66. The first-order valence-corrected chi connectivity index (χ1v) is 7.73. The molecule has 4 nitrogen and oxygen atoms in total. The molecule has 5 heteroatoms. The third-order valence-corrected chi connectivity index (χ3v) is 4.57. The molecule has 1 N–H and O–H groups in total. The average molecular weight is 303 g/mol. The van der Waals surface area contributed by atoms with Crippen molar-refractivity contribution in [3.63, 3.8) is 0 Å². The lowest BCUT2D eigenvalue weighted by atomic mass is 10.1. The highest BCUT2D eigenvalue weighted by molar-refractivity contribution is 7.17. The number of thiophene rings is 1. The molecule has 0 aliphatic carbocycles. The number of fused-ring (bicyclic) bond motifs is 3. The third kappa shape index (κ3) is 2.94. The minimum Gasteiger partial charge on any atom is -0.488 e. The van der Waals surface area contributed by atoms with Crippen molar-refractivity contribution in [3.05, 3.63) is 40.8 Å². The van der Waals surface area contributed by atoms with Gasteiger partial charge in [0.15, 0.2) is 0 Å². The number of nitrogens with one attached hydrogen (secondary N) is 1. The molecule has 0 saturated carbocycles. The fourth-order valence-electron chi connectivity index (χ4n) is 2.32. The highest BCUT2D eigenvalue weighted by Gasteiger charge is 2.22. The number of amides is 1. The maximum atomic E-state index is 12.2. The summed E-state index contributed by atoms with van der Waals surface area (Å²) in [6.07, 6.45) is 0.819. The van der Waals surface area contributed by atoms with Gasteiger partial charge in [-0.05, 0) is 24.6 Å². The van der Waals surface area contributed by atoms with E-state index < -0.39 is 0 Å². The fraction of sp³-hybridized carbons (Fsp3) is 0.312. The highest BCUT2D eigenvalue weighted by atomic mass is 32.1. The second-order valence-electron chi connectivity index (χ2n) is 4.85. The molecule has 0 fully saturated rings. The Hall–Kier alpha value is -1.85. The molecule has 0 spiro atoms. The van der Waals surface area contributed by atoms with Gasteiger partial charge in [-0.2, -0.15) is 0 Å². The summed E-state index contributed by atoms with van der Waals surface area (Å²) in [6.45, 7) is 1.81. The van der Waals surface area contributed by atoms with Gasteiger partial charge in [0.25, 0.3) is 5.91 Å². The van der Waals surface area contributed by atoms with Gasteiger partial charge < -0.3 is 14.8 Å². The lowest BCUT2D eigenvalue weighted by molar-refractivity contribution is 0.0952. The summed E-state index contributed by atoms with van der Waals surface area (Å²) < 4.78 is 10.7. The quantitative estimate of drug-likeness (QED) is 0.864. The number of methoxy groups -OCH3 is 1. The molecule has 0 radical (unpaired) electrons. The summed E-state index contributed by atoms with van der Waals surface area (Å²) in [4.78, 5) is 14.0. The standard InChI is InChI=1S/C16H17NO3S/c1-19-8-4-7-17-16(18)14-9-11-10-20-13-6-3-2-5-12(13)15(11)21-14/h2-3,5-6,9H,4,7-8,10H2,1H3,(H,17,18). The minimum absolute atomic E-state index is 0.0250. The van der Waals surface area contributed by atoms with Crippen molar-refractivity contribution in [2.45, 2.75) is 13.0 Å². The van der Waals surface area contributed by atoms with Crippen molar-refractivity contribution in [1.82, 2.24) is 5.32 Å². The topological polar surface area (TPSA) is 47.6 Å². The number of rotatable bonds is 5. The van der Waals surface area contributed by atoms with Crippen LogP contribution >= 0.6 is 11.3 Å². The number of carbonyl (C=O) groups excluding carboxylic acids is 1. The van der Waals surface area contributed by atoms with Crippen molar-refractivity contribution in [3.8, 4) is 16.2 Å². The van der Waals surface area contributed by atoms with Crippen LogP contribution in [0.2, 0.25) is 0 Å². The predicted octanol–water partition coefficient (Wildman–Crippen LogP) is 3.07. The number of para-hydroxylation sites is 1. The van der Waals surface area contributed by atoms with Gasteiger partial charge in [-0.3, -0.25) is 4.79 Å². The third-order valence-electron chi connectivity index (χ3n) is 3.36. The molecule has 21 heavy (non-hydrogen) atoms. The fourth-order valence-corrected chi connectivity index (χ4v) is 3.43. The summed E-state index contributed by atoms with van der Waals surface area (Å²) in [5, 5.41) is 2.92. The van der Waals surface area contributed by atoms with Crippen LogP contribution in [0, 0.1) is 0 Å². The molecule has 1 aromatic heterocycles. The minimum atomic E-state index is -0.0250. The monoisotopic (exact) mass is 303 g/mol. The number of carbonyl (C=O) groups is 1. The molecular formula is C16H17NO3S. The zero-order valence-corrected chi connectivity index (χ0v) is 12.7. The van der Waals surface area contributed by atoms with Crippen LogP contribution in [0.4, 0.5) is 0 Å². The van der Waals surface area contributed by atoms with Gasteiger partial charge in [-0.1, -0.05) is 12.1 Å². The largest absolute Gasteiger partial charge is 0.488 e. The average Bonchev–Trinajstić information content (AvgIpc) is 2.96. The van der Waals surface area contributed by atoms with E-state index in [-0.39, 0.29) is 5.91 Å². The Morgan fingerprint density at radius 1 is 1.43 bits per heavy atom. The van der Waals surface area contributed by atoms with Gasteiger partial charge >= 0.3 is 0 Å². The van der Waals surface area contributed by atoms with E-state index in [0.29, 0.717) is 19.8 Å². The van der Waals surface area contributed by atoms with E-state index in [1.54, 1.807) is 7.11 Å². The summed E-state index contributed by atoms with van der Waals surface area (Å²) in [6, 6.07) is 9.87. The summed E-state index contributed by atoms with van der Waals surface area (Å²) in [5.41, 5.74) is 2.16. The van der Waals surface area contributed by atoms with Crippen LogP contribution in [0.1, 0.15) is 21.7 Å². The van der Waals surface area contributed by atoms with Crippen LogP contribution in [0.15, 0.2) is 30.3 Å². The maximum Gasteiger partial charge on any atom is 0.261 e. The Labute approximate surface area is 127 Å². The van der Waals surface area contributed by atoms with Crippen LogP contribution in [-0.2, 0) is 11.3 Å². The number of ether oxygens (including phenoxy) is 2. The Morgan fingerprint density at radius 2 is 2.29 bits per heavy atom. The lowest BCUT2D eigenvalue weighted by Gasteiger charge is -2.16. The smallest absolute Gasteiger partial charge is 0.261 e. The van der Waals surface area contributed by atoms with Gasteiger partial charge in [-0.15, -0.1) is 11.3 Å². The summed E-state index contributed by atoms with van der Waals surface area (Å²) in [5.74, 6) is 0.863. The summed E-state index contributed by atoms with van der Waals surface area (Å²) >= 11 is 1.53. The first-order valence-electron chi connectivity index (χ1n) is 6.91. The number of hydrogen-bond acceptors (Lipinski definition) is 4. The van der Waals surface area contributed by atoms with E-state index in [4.69, 9.17) is 9.47 Å². The normalized spacial score (nSPS) is 12.2. The van der Waals surface area contributed by atoms with Gasteiger partial charge in [0, 0.05) is 36.3 Å². The van der Waals surface area contributed by atoms with Crippen molar-refractivity contribution in [2.24, 2.45) is 0 Å². The van der Waals surface area contributed by atoms with Crippen LogP contribution in [0.25, 0.3) is 10.4 Å². The zero-order valence-electron chi connectivity index (χ0n) is 11.8. The van der Waals surface area contributed by atoms with Crippen LogP contribution in [0.3, 0.4) is 0 Å². The van der Waals surface area contributed by atoms with Crippen molar-refractivity contribution < 1.29 is 14.3 Å². The first kappa shape index (κ1) is 14.1. The molecule has 0 bridgehead atoms. The molecular weight excluding hydrogens is 286 g/mol. The Balaban J connectivity index is 1.76. The van der Waals surface area contributed by atoms with E-state index in [1.807, 2.05) is 30.3 Å². The van der Waals surface area contributed by atoms with Gasteiger partial charge in [0.2, 0.25) is 0 Å². The molecule has 0 atom stereocenters. The lowest BCUT2D eigenvalue weighted by Crippen LogP contribution is -2.24. The van der Waals surface area contributed by atoms with E-state index in [9.17, 15) is 4.79 Å². The second kappa shape index (κ2) is 6.28. The molecule has 0 saturated heterocycles. The number of benzene rings is 1. The SMILES string of the molecule is COCCCNC(=O)c1cc2c(s1)-c1ccccc1OC2. The Kier molecular flexibility index (Phi) is 4.22. The van der Waals surface area contributed by atoms with Crippen molar-refractivity contribution >= 4 is 17.2 Å². The molecule has 110 valence electrons. The van der Waals surface area contributed by atoms with E-state index >= 15 is 0 Å². The molecule has 1 aromatic carbocycles. The molecule has 0 unspecified atom stereocenters. The van der Waals surface area contributed by atoms with E-state index in [0.717, 1.165) is 33.1 Å². The molecule has 1 aliphatic rings. The van der Waals surface area contributed by atoms with Crippen LogP contribution in [-0.4, -0.2) is 26.2 Å². The van der Waals surface area contributed by atoms with Crippen molar-refractivity contribution in [1.29, 1.82) is 0 Å². The molecule has 3 rings (SSSR count). The molecule has 2 heterocycles. The molecule has 1 aliphatic heterocycles. The van der Waals surface area contributed by atoms with Crippen LogP contribution in [0.5, 0.6) is 5.75 Å². The van der Waals surface area contributed by atoms with Gasteiger partial charge in [0.1, 0.15) is 12.4 Å². The van der Waals surface area contributed by atoms with Gasteiger partial charge in [-0.25, -0.2) is 0 Å². The van der Waals surface area contributed by atoms with Gasteiger partial charge in [0.05, 0.1) is 4.88 Å². The number of hydrogen-bond donors (Lipinski definition) is 1. The second-order valence-corrected chi connectivity index (χ2v) is 5.90.